The lowest BCUT2D eigenvalue weighted by Gasteiger charge is -2.15. The summed E-state index contributed by atoms with van der Waals surface area (Å²) in [5, 5.41) is -0.831. The number of ether oxygens (including phenoxy) is 4. The predicted octanol–water partition coefficient (Wildman–Crippen LogP) is 5.79. The first-order valence-electron chi connectivity index (χ1n) is 9.90. The largest absolute Gasteiger partial charge is 0.462 e. The molecule has 2 aromatic carbocycles. The Balaban J connectivity index is 2.59. The van der Waals surface area contributed by atoms with E-state index in [9.17, 15) is 9.59 Å². The van der Waals surface area contributed by atoms with Crippen molar-refractivity contribution in [1.82, 2.24) is 0 Å². The van der Waals surface area contributed by atoms with Crippen molar-refractivity contribution >= 4 is 35.1 Å². The molecule has 170 valence electrons. The second-order valence-electron chi connectivity index (χ2n) is 6.57. The van der Waals surface area contributed by atoms with Gasteiger partial charge in [0, 0.05) is 0 Å². The minimum absolute atomic E-state index is 0.0313. The molecule has 0 amide bonds. The fourth-order valence-electron chi connectivity index (χ4n) is 2.49. The van der Waals surface area contributed by atoms with Crippen LogP contribution in [0.25, 0.3) is 0 Å². The minimum Gasteiger partial charge on any atom is -0.462 e. The van der Waals surface area contributed by atoms with Crippen molar-refractivity contribution in [2.24, 2.45) is 0 Å². The molecule has 0 radical (unpaired) electrons. The van der Waals surface area contributed by atoms with Gasteiger partial charge in [0.2, 0.25) is 10.4 Å². The average molecular weight is 479 g/mol. The van der Waals surface area contributed by atoms with Gasteiger partial charge in [-0.3, -0.25) is 0 Å². The molecule has 0 bridgehead atoms. The van der Waals surface area contributed by atoms with Gasteiger partial charge in [0.25, 0.3) is 0 Å². The van der Waals surface area contributed by atoms with Crippen LogP contribution in [0, 0.1) is 13.8 Å². The van der Waals surface area contributed by atoms with Crippen LogP contribution < -0.4 is 9.47 Å². The number of carbonyl (C=O) groups is 2. The average Bonchev–Trinajstić information content (AvgIpc) is 2.75. The summed E-state index contributed by atoms with van der Waals surface area (Å²) in [6.07, 6.45) is 0. The quantitative estimate of drug-likeness (QED) is 0.196. The van der Waals surface area contributed by atoms with Crippen molar-refractivity contribution in [3.63, 3.8) is 0 Å². The summed E-state index contributed by atoms with van der Waals surface area (Å²) in [6.45, 7) is 7.11. The van der Waals surface area contributed by atoms with Crippen molar-refractivity contribution in [2.75, 3.05) is 13.2 Å². The number of esters is 2. The van der Waals surface area contributed by atoms with Crippen LogP contribution in [-0.2, 0) is 19.1 Å². The molecule has 0 atom stereocenters. The van der Waals surface area contributed by atoms with E-state index in [1.54, 1.807) is 62.4 Å². The SMILES string of the molecule is CCOC(=O)C(=C(\Cl)Oc1ccc(C)cc1)/C(C(=O)OCC)=C(/Cl)Oc1ccc(C)cc1. The van der Waals surface area contributed by atoms with Crippen LogP contribution >= 0.6 is 23.2 Å². The molecule has 8 heteroatoms. The Bertz CT molecular complexity index is 924. The summed E-state index contributed by atoms with van der Waals surface area (Å²) < 4.78 is 21.4. The Morgan fingerprint density at radius 2 is 0.969 bits per heavy atom. The highest BCUT2D eigenvalue weighted by Crippen LogP contribution is 2.30. The van der Waals surface area contributed by atoms with E-state index in [1.807, 2.05) is 13.8 Å². The maximum Gasteiger partial charge on any atom is 0.343 e. The second-order valence-corrected chi connectivity index (χ2v) is 7.26. The third-order valence-corrected chi connectivity index (χ3v) is 4.59. The van der Waals surface area contributed by atoms with E-state index in [4.69, 9.17) is 42.1 Å². The Morgan fingerprint density at radius 3 is 1.25 bits per heavy atom. The Kier molecular flexibility index (Phi) is 9.62. The summed E-state index contributed by atoms with van der Waals surface area (Å²) in [5.74, 6) is -1.14. The normalized spacial score (nSPS) is 12.3. The van der Waals surface area contributed by atoms with Crippen molar-refractivity contribution in [2.45, 2.75) is 27.7 Å². The number of aryl methyl sites for hydroxylation is 2. The van der Waals surface area contributed by atoms with E-state index in [-0.39, 0.29) is 13.2 Å². The number of hydrogen-bond acceptors (Lipinski definition) is 6. The molecule has 2 aromatic rings. The van der Waals surface area contributed by atoms with Gasteiger partial charge in [0.1, 0.15) is 22.6 Å². The van der Waals surface area contributed by atoms with Crippen LogP contribution in [-0.4, -0.2) is 25.2 Å². The molecule has 0 fully saturated rings. The summed E-state index contributed by atoms with van der Waals surface area (Å²) in [4.78, 5) is 25.6. The molecular weight excluding hydrogens is 455 g/mol. The maximum absolute atomic E-state index is 12.8. The van der Waals surface area contributed by atoms with Crippen LogP contribution in [0.15, 0.2) is 70.1 Å². The standard InChI is InChI=1S/C24H24Cl2O6/c1-5-29-23(27)19(21(25)31-17-11-7-15(3)8-12-17)20(24(28)30-6-2)22(26)32-18-13-9-16(4)10-14-18/h7-14H,5-6H2,1-4H3/b21-19+,22-20+. The lowest BCUT2D eigenvalue weighted by atomic mass is 10.1. The highest BCUT2D eigenvalue weighted by molar-refractivity contribution is 6.35. The molecule has 0 aromatic heterocycles. The minimum atomic E-state index is -0.918. The number of halogens is 2. The Hall–Kier alpha value is -2.96. The highest BCUT2D eigenvalue weighted by atomic mass is 35.5. The van der Waals surface area contributed by atoms with E-state index < -0.39 is 33.5 Å². The van der Waals surface area contributed by atoms with Gasteiger partial charge in [-0.1, -0.05) is 35.4 Å². The molecule has 0 unspecified atom stereocenters. The molecule has 0 N–H and O–H groups in total. The third kappa shape index (κ3) is 7.04. The van der Waals surface area contributed by atoms with E-state index >= 15 is 0 Å². The number of benzene rings is 2. The number of carbonyl (C=O) groups excluding carboxylic acids is 2. The zero-order valence-electron chi connectivity index (χ0n) is 18.2. The monoisotopic (exact) mass is 478 g/mol. The topological polar surface area (TPSA) is 71.1 Å². The van der Waals surface area contributed by atoms with Crippen LogP contribution in [0.3, 0.4) is 0 Å². The van der Waals surface area contributed by atoms with Crippen LogP contribution in [0.5, 0.6) is 11.5 Å². The molecule has 32 heavy (non-hydrogen) atoms. The first kappa shape index (κ1) is 25.3. The summed E-state index contributed by atoms with van der Waals surface area (Å²) in [6, 6.07) is 13.9. The van der Waals surface area contributed by atoms with Crippen molar-refractivity contribution in [3.05, 3.63) is 81.2 Å². The lowest BCUT2D eigenvalue weighted by Crippen LogP contribution is -2.21. The fraction of sp³-hybridized carbons (Fsp3) is 0.250. The highest BCUT2D eigenvalue weighted by Gasteiger charge is 2.32. The summed E-state index contributed by atoms with van der Waals surface area (Å²) in [7, 11) is 0. The first-order valence-corrected chi connectivity index (χ1v) is 10.7. The van der Waals surface area contributed by atoms with Gasteiger partial charge in [-0.25, -0.2) is 9.59 Å². The molecule has 0 saturated heterocycles. The van der Waals surface area contributed by atoms with Gasteiger partial charge in [-0.05, 0) is 75.2 Å². The van der Waals surface area contributed by atoms with Gasteiger partial charge in [-0.2, -0.15) is 0 Å². The number of rotatable bonds is 9. The molecule has 0 saturated carbocycles. The van der Waals surface area contributed by atoms with Gasteiger partial charge in [-0.15, -0.1) is 0 Å². The van der Waals surface area contributed by atoms with Crippen LogP contribution in [0.1, 0.15) is 25.0 Å². The molecule has 6 nitrogen and oxygen atoms in total. The molecular formula is C24H24Cl2O6. The molecule has 0 spiro atoms. The van der Waals surface area contributed by atoms with Gasteiger partial charge < -0.3 is 18.9 Å². The Labute approximate surface area is 197 Å². The smallest absolute Gasteiger partial charge is 0.343 e. The molecule has 0 aliphatic rings. The van der Waals surface area contributed by atoms with Crippen LogP contribution in [0.4, 0.5) is 0 Å². The van der Waals surface area contributed by atoms with Crippen molar-refractivity contribution in [1.29, 1.82) is 0 Å². The first-order chi connectivity index (χ1) is 15.3. The second kappa shape index (κ2) is 12.2. The zero-order chi connectivity index (χ0) is 23.7. The maximum atomic E-state index is 12.8. The fourth-order valence-corrected chi connectivity index (χ4v) is 3.01. The number of hydrogen-bond donors (Lipinski definition) is 0. The predicted molar refractivity (Wildman–Crippen MR) is 123 cm³/mol. The van der Waals surface area contributed by atoms with E-state index in [2.05, 4.69) is 0 Å². The van der Waals surface area contributed by atoms with Gasteiger partial charge >= 0.3 is 11.9 Å². The van der Waals surface area contributed by atoms with E-state index in [0.717, 1.165) is 11.1 Å². The zero-order valence-corrected chi connectivity index (χ0v) is 19.8. The lowest BCUT2D eigenvalue weighted by molar-refractivity contribution is -0.142. The van der Waals surface area contributed by atoms with E-state index in [1.165, 1.54) is 0 Å². The molecule has 0 heterocycles. The molecule has 0 aliphatic carbocycles. The summed E-state index contributed by atoms with van der Waals surface area (Å²) in [5.41, 5.74) is 1.18. The van der Waals surface area contributed by atoms with E-state index in [0.29, 0.717) is 11.5 Å². The Morgan fingerprint density at radius 1 is 0.656 bits per heavy atom. The summed E-state index contributed by atoms with van der Waals surface area (Å²) >= 11 is 12.7. The van der Waals surface area contributed by atoms with Crippen molar-refractivity contribution < 1.29 is 28.5 Å². The van der Waals surface area contributed by atoms with Gasteiger partial charge in [0.15, 0.2) is 0 Å². The third-order valence-electron chi connectivity index (χ3n) is 4.06. The molecule has 2 rings (SSSR count). The van der Waals surface area contributed by atoms with Gasteiger partial charge in [0.05, 0.1) is 13.2 Å². The molecule has 0 aliphatic heterocycles. The van der Waals surface area contributed by atoms with Crippen molar-refractivity contribution in [3.8, 4) is 11.5 Å². The van der Waals surface area contributed by atoms with Crippen LogP contribution in [0.2, 0.25) is 0 Å².